The first-order chi connectivity index (χ1) is 12.7. The highest BCUT2D eigenvalue weighted by atomic mass is 35.5. The number of rotatable bonds is 3. The Morgan fingerprint density at radius 3 is 2.59 bits per heavy atom. The molecule has 1 aromatic carbocycles. The average Bonchev–Trinajstić information content (AvgIpc) is 3.19. The first-order valence-corrected chi connectivity index (χ1v) is 9.00. The van der Waals surface area contributed by atoms with Crippen molar-refractivity contribution < 1.29 is 9.59 Å². The van der Waals surface area contributed by atoms with Crippen molar-refractivity contribution in [3.8, 4) is 0 Å². The fraction of sp³-hybridized carbons (Fsp3) is 0.444. The molecule has 2 N–H and O–H groups in total. The molecule has 3 heterocycles. The summed E-state index contributed by atoms with van der Waals surface area (Å²) in [6.07, 6.45) is 3.65. The average molecular weight is 391 g/mol. The quantitative estimate of drug-likeness (QED) is 0.813. The Bertz CT molecular complexity index is 790. The minimum absolute atomic E-state index is 0. The summed E-state index contributed by atoms with van der Waals surface area (Å²) < 4.78 is 1.79. The van der Waals surface area contributed by atoms with E-state index in [0.29, 0.717) is 18.8 Å². The number of aromatic nitrogens is 3. The van der Waals surface area contributed by atoms with E-state index in [1.807, 2.05) is 30.3 Å². The molecular formula is C18H23ClN6O2. The lowest BCUT2D eigenvalue weighted by molar-refractivity contribution is -0.128. The fourth-order valence-corrected chi connectivity index (χ4v) is 3.62. The summed E-state index contributed by atoms with van der Waals surface area (Å²) in [6.45, 7) is 2.77. The van der Waals surface area contributed by atoms with E-state index in [-0.39, 0.29) is 30.3 Å². The molecule has 2 aliphatic rings. The molecule has 1 atom stereocenters. The molecule has 2 saturated heterocycles. The zero-order valence-corrected chi connectivity index (χ0v) is 15.7. The Kier molecular flexibility index (Phi) is 6.08. The SMILES string of the molecule is Cl.O=C1NCCN(C(=O)c2cn(C3CCNCC3)nn2)C1c1ccccc1. The molecule has 9 heteroatoms. The van der Waals surface area contributed by atoms with Gasteiger partial charge < -0.3 is 15.5 Å². The number of halogens is 1. The Balaban J connectivity index is 0.00000210. The molecule has 0 spiro atoms. The van der Waals surface area contributed by atoms with E-state index in [4.69, 9.17) is 0 Å². The van der Waals surface area contributed by atoms with Crippen LogP contribution in [0.25, 0.3) is 0 Å². The van der Waals surface area contributed by atoms with Crippen molar-refractivity contribution in [2.45, 2.75) is 24.9 Å². The maximum Gasteiger partial charge on any atom is 0.277 e. The van der Waals surface area contributed by atoms with Crippen LogP contribution in [0.4, 0.5) is 0 Å². The first-order valence-electron chi connectivity index (χ1n) is 9.00. The van der Waals surface area contributed by atoms with Gasteiger partial charge in [-0.05, 0) is 31.5 Å². The van der Waals surface area contributed by atoms with E-state index in [0.717, 1.165) is 31.5 Å². The summed E-state index contributed by atoms with van der Waals surface area (Å²) in [5, 5.41) is 14.4. The summed E-state index contributed by atoms with van der Waals surface area (Å²) in [5.41, 5.74) is 1.09. The number of piperazine rings is 1. The first kappa shape index (κ1) is 19.3. The minimum atomic E-state index is -0.638. The van der Waals surface area contributed by atoms with Gasteiger partial charge in [-0.15, -0.1) is 17.5 Å². The van der Waals surface area contributed by atoms with Crippen LogP contribution in [0.5, 0.6) is 0 Å². The van der Waals surface area contributed by atoms with Crippen molar-refractivity contribution in [3.05, 3.63) is 47.8 Å². The van der Waals surface area contributed by atoms with Crippen LogP contribution in [0.2, 0.25) is 0 Å². The Morgan fingerprint density at radius 1 is 1.11 bits per heavy atom. The summed E-state index contributed by atoms with van der Waals surface area (Å²) in [4.78, 5) is 27.1. The molecule has 27 heavy (non-hydrogen) atoms. The second kappa shape index (κ2) is 8.49. The summed E-state index contributed by atoms with van der Waals surface area (Å²) in [7, 11) is 0. The highest BCUT2D eigenvalue weighted by Crippen LogP contribution is 2.25. The Morgan fingerprint density at radius 2 is 1.85 bits per heavy atom. The van der Waals surface area contributed by atoms with Crippen LogP contribution >= 0.6 is 12.4 Å². The molecule has 0 aliphatic carbocycles. The maximum atomic E-state index is 13.0. The van der Waals surface area contributed by atoms with Gasteiger partial charge in [0.05, 0.1) is 12.2 Å². The van der Waals surface area contributed by atoms with Crippen LogP contribution < -0.4 is 10.6 Å². The number of benzene rings is 1. The summed E-state index contributed by atoms with van der Waals surface area (Å²) in [5.74, 6) is -0.421. The van der Waals surface area contributed by atoms with Gasteiger partial charge in [0, 0.05) is 13.1 Å². The number of nitrogens with zero attached hydrogens (tertiary/aromatic N) is 4. The van der Waals surface area contributed by atoms with Crippen LogP contribution in [-0.4, -0.2) is 57.9 Å². The molecular weight excluding hydrogens is 368 g/mol. The Labute approximate surface area is 163 Å². The van der Waals surface area contributed by atoms with Crippen LogP contribution in [0.15, 0.2) is 36.5 Å². The predicted octanol–water partition coefficient (Wildman–Crippen LogP) is 0.938. The zero-order chi connectivity index (χ0) is 17.9. The van der Waals surface area contributed by atoms with Crippen molar-refractivity contribution in [2.75, 3.05) is 26.2 Å². The van der Waals surface area contributed by atoms with Crippen LogP contribution in [0.3, 0.4) is 0 Å². The van der Waals surface area contributed by atoms with Crippen molar-refractivity contribution >= 4 is 24.2 Å². The van der Waals surface area contributed by atoms with E-state index in [9.17, 15) is 9.59 Å². The molecule has 144 valence electrons. The van der Waals surface area contributed by atoms with Gasteiger partial charge in [0.2, 0.25) is 5.91 Å². The summed E-state index contributed by atoms with van der Waals surface area (Å²) in [6, 6.07) is 8.98. The lowest BCUT2D eigenvalue weighted by Gasteiger charge is -2.34. The highest BCUT2D eigenvalue weighted by molar-refractivity contribution is 5.97. The van der Waals surface area contributed by atoms with E-state index in [1.54, 1.807) is 15.8 Å². The molecule has 1 unspecified atom stereocenters. The summed E-state index contributed by atoms with van der Waals surface area (Å²) >= 11 is 0. The smallest absolute Gasteiger partial charge is 0.277 e. The van der Waals surface area contributed by atoms with E-state index in [1.165, 1.54) is 0 Å². The lowest BCUT2D eigenvalue weighted by Crippen LogP contribution is -2.52. The third-order valence-corrected chi connectivity index (χ3v) is 5.00. The van der Waals surface area contributed by atoms with Gasteiger partial charge >= 0.3 is 0 Å². The molecule has 4 rings (SSSR count). The normalized spacial score (nSPS) is 20.7. The third kappa shape index (κ3) is 3.96. The molecule has 2 fully saturated rings. The molecule has 8 nitrogen and oxygen atoms in total. The van der Waals surface area contributed by atoms with Gasteiger partial charge in [0.1, 0.15) is 6.04 Å². The van der Waals surface area contributed by atoms with Crippen molar-refractivity contribution in [3.63, 3.8) is 0 Å². The van der Waals surface area contributed by atoms with Gasteiger partial charge in [-0.3, -0.25) is 9.59 Å². The van der Waals surface area contributed by atoms with E-state index in [2.05, 4.69) is 20.9 Å². The monoisotopic (exact) mass is 390 g/mol. The number of piperidine rings is 1. The third-order valence-electron chi connectivity index (χ3n) is 5.00. The molecule has 2 amide bonds. The molecule has 2 aliphatic heterocycles. The Hall–Kier alpha value is -2.45. The van der Waals surface area contributed by atoms with Gasteiger partial charge in [-0.1, -0.05) is 35.5 Å². The topological polar surface area (TPSA) is 92.2 Å². The molecule has 0 bridgehead atoms. The second-order valence-corrected chi connectivity index (χ2v) is 6.67. The predicted molar refractivity (Wildman–Crippen MR) is 102 cm³/mol. The zero-order valence-electron chi connectivity index (χ0n) is 14.9. The highest BCUT2D eigenvalue weighted by Gasteiger charge is 2.35. The van der Waals surface area contributed by atoms with Crippen LogP contribution in [0.1, 0.15) is 41.0 Å². The second-order valence-electron chi connectivity index (χ2n) is 6.67. The molecule has 0 saturated carbocycles. The standard InChI is InChI=1S/C18H22N6O2.ClH/c25-17-16(13-4-2-1-3-5-13)23(11-10-20-17)18(26)15-12-24(22-21-15)14-6-8-19-9-7-14;/h1-5,12,14,16,19H,6-11H2,(H,20,25);1H. The number of hydrogen-bond donors (Lipinski definition) is 2. The van der Waals surface area contributed by atoms with Crippen LogP contribution in [0, 0.1) is 0 Å². The lowest BCUT2D eigenvalue weighted by atomic mass is 10.0. The number of hydrogen-bond acceptors (Lipinski definition) is 5. The minimum Gasteiger partial charge on any atom is -0.352 e. The van der Waals surface area contributed by atoms with E-state index >= 15 is 0 Å². The maximum absolute atomic E-state index is 13.0. The number of carbonyl (C=O) groups excluding carboxylic acids is 2. The fourth-order valence-electron chi connectivity index (χ4n) is 3.62. The largest absolute Gasteiger partial charge is 0.352 e. The van der Waals surface area contributed by atoms with Crippen molar-refractivity contribution in [1.82, 2.24) is 30.5 Å². The van der Waals surface area contributed by atoms with Crippen molar-refractivity contribution in [2.24, 2.45) is 0 Å². The molecule has 0 radical (unpaired) electrons. The van der Waals surface area contributed by atoms with Gasteiger partial charge in [0.15, 0.2) is 5.69 Å². The number of nitrogens with one attached hydrogen (secondary N) is 2. The molecule has 1 aromatic heterocycles. The van der Waals surface area contributed by atoms with Crippen LogP contribution in [-0.2, 0) is 4.79 Å². The van der Waals surface area contributed by atoms with Crippen molar-refractivity contribution in [1.29, 1.82) is 0 Å². The molecule has 2 aromatic rings. The number of carbonyl (C=O) groups is 2. The van der Waals surface area contributed by atoms with E-state index < -0.39 is 6.04 Å². The van der Waals surface area contributed by atoms with Gasteiger partial charge in [-0.25, -0.2) is 4.68 Å². The van der Waals surface area contributed by atoms with Gasteiger partial charge in [-0.2, -0.15) is 0 Å². The van der Waals surface area contributed by atoms with Gasteiger partial charge in [0.25, 0.3) is 5.91 Å². The number of amides is 2.